The van der Waals surface area contributed by atoms with Crippen LogP contribution in [0.15, 0.2) is 42.5 Å². The summed E-state index contributed by atoms with van der Waals surface area (Å²) in [6, 6.07) is 11.1. The zero-order valence-corrected chi connectivity index (χ0v) is 15.9. The molecule has 28 heavy (non-hydrogen) atoms. The Labute approximate surface area is 163 Å². The van der Waals surface area contributed by atoms with Crippen LogP contribution in [0, 0.1) is 11.7 Å². The smallest absolute Gasteiger partial charge is 0.255 e. The fourth-order valence-corrected chi connectivity index (χ4v) is 3.27. The summed E-state index contributed by atoms with van der Waals surface area (Å²) in [6.45, 7) is 1.38. The van der Waals surface area contributed by atoms with Gasteiger partial charge in [-0.05, 0) is 29.8 Å². The third kappa shape index (κ3) is 4.60. The Kier molecular flexibility index (Phi) is 6.13. The van der Waals surface area contributed by atoms with Crippen molar-refractivity contribution in [2.45, 2.75) is 13.0 Å². The van der Waals surface area contributed by atoms with Gasteiger partial charge in [0.2, 0.25) is 5.91 Å². The average molecular weight is 386 g/mol. The summed E-state index contributed by atoms with van der Waals surface area (Å²) in [6.07, 6.45) is 0.376. The van der Waals surface area contributed by atoms with Crippen molar-refractivity contribution in [1.82, 2.24) is 10.2 Å². The highest BCUT2D eigenvalue weighted by Gasteiger charge is 2.30. The zero-order valence-electron chi connectivity index (χ0n) is 15.9. The maximum absolute atomic E-state index is 13.0. The minimum atomic E-state index is -0.300. The maximum atomic E-state index is 13.0. The van der Waals surface area contributed by atoms with Crippen LogP contribution in [0.4, 0.5) is 4.39 Å². The quantitative estimate of drug-likeness (QED) is 0.794. The van der Waals surface area contributed by atoms with Crippen LogP contribution in [0.2, 0.25) is 0 Å². The molecule has 2 aromatic rings. The number of nitrogens with one attached hydrogen (secondary N) is 1. The van der Waals surface area contributed by atoms with Gasteiger partial charge in [-0.2, -0.15) is 0 Å². The molecule has 1 saturated heterocycles. The Morgan fingerprint density at radius 3 is 2.61 bits per heavy atom. The highest BCUT2D eigenvalue weighted by molar-refractivity contribution is 5.97. The number of methoxy groups -OCH3 is 2. The minimum Gasteiger partial charge on any atom is -0.497 e. The molecular formula is C21H23FN2O4. The van der Waals surface area contributed by atoms with Crippen LogP contribution in [-0.4, -0.2) is 44.0 Å². The first kappa shape index (κ1) is 19.7. The van der Waals surface area contributed by atoms with E-state index in [0.717, 1.165) is 5.56 Å². The molecule has 0 bridgehead atoms. The first-order valence-electron chi connectivity index (χ1n) is 9.02. The van der Waals surface area contributed by atoms with Gasteiger partial charge in [0.25, 0.3) is 5.91 Å². The molecule has 6 nitrogen and oxygen atoms in total. The van der Waals surface area contributed by atoms with Gasteiger partial charge in [-0.3, -0.25) is 9.59 Å². The Morgan fingerprint density at radius 1 is 1.18 bits per heavy atom. The van der Waals surface area contributed by atoms with Crippen LogP contribution in [0.25, 0.3) is 0 Å². The molecule has 1 fully saturated rings. The first-order chi connectivity index (χ1) is 13.5. The fraction of sp³-hybridized carbons (Fsp3) is 0.333. The number of ether oxygens (including phenoxy) is 2. The van der Waals surface area contributed by atoms with Gasteiger partial charge in [-0.1, -0.05) is 12.1 Å². The van der Waals surface area contributed by atoms with Gasteiger partial charge >= 0.3 is 0 Å². The van der Waals surface area contributed by atoms with Gasteiger partial charge in [0, 0.05) is 38.0 Å². The number of carbonyl (C=O) groups excluding carboxylic acids is 2. The summed E-state index contributed by atoms with van der Waals surface area (Å²) in [5.41, 5.74) is 1.29. The molecule has 1 N–H and O–H groups in total. The van der Waals surface area contributed by atoms with Crippen LogP contribution in [0.3, 0.4) is 0 Å². The Balaban J connectivity index is 1.56. The van der Waals surface area contributed by atoms with Gasteiger partial charge < -0.3 is 19.7 Å². The molecule has 0 aromatic heterocycles. The number of halogens is 1. The molecular weight excluding hydrogens is 363 g/mol. The van der Waals surface area contributed by atoms with Crippen molar-refractivity contribution in [3.05, 3.63) is 59.4 Å². The fourth-order valence-electron chi connectivity index (χ4n) is 3.27. The molecule has 0 radical (unpaired) electrons. The number of carbonyl (C=O) groups is 2. The molecule has 1 atom stereocenters. The maximum Gasteiger partial charge on any atom is 0.255 e. The van der Waals surface area contributed by atoms with E-state index in [9.17, 15) is 14.0 Å². The highest BCUT2D eigenvalue weighted by Crippen LogP contribution is 2.25. The van der Waals surface area contributed by atoms with Crippen molar-refractivity contribution in [3.63, 3.8) is 0 Å². The lowest BCUT2D eigenvalue weighted by atomic mass is 10.1. The van der Waals surface area contributed by atoms with E-state index in [1.54, 1.807) is 42.3 Å². The standard InChI is InChI=1S/C21H23FN2O4/c1-27-17-7-8-18(19(10-17)28-2)21(26)23-11-15-9-20(25)24(13-15)12-14-3-5-16(22)6-4-14/h3-8,10,15H,9,11-13H2,1-2H3,(H,23,26). The molecule has 148 valence electrons. The number of amides is 2. The lowest BCUT2D eigenvalue weighted by molar-refractivity contribution is -0.128. The number of likely N-dealkylation sites (tertiary alicyclic amines) is 1. The van der Waals surface area contributed by atoms with Crippen molar-refractivity contribution in [2.24, 2.45) is 5.92 Å². The van der Waals surface area contributed by atoms with E-state index >= 15 is 0 Å². The largest absolute Gasteiger partial charge is 0.497 e. The predicted molar refractivity (Wildman–Crippen MR) is 102 cm³/mol. The summed E-state index contributed by atoms with van der Waals surface area (Å²) in [5.74, 6) is 0.533. The van der Waals surface area contributed by atoms with Crippen LogP contribution in [0.5, 0.6) is 11.5 Å². The van der Waals surface area contributed by atoms with Crippen molar-refractivity contribution in [1.29, 1.82) is 0 Å². The van der Waals surface area contributed by atoms with E-state index in [1.165, 1.54) is 19.2 Å². The van der Waals surface area contributed by atoms with Gasteiger partial charge in [0.1, 0.15) is 17.3 Å². The van der Waals surface area contributed by atoms with Crippen molar-refractivity contribution >= 4 is 11.8 Å². The minimum absolute atomic E-state index is 0.0288. The van der Waals surface area contributed by atoms with Crippen LogP contribution in [0.1, 0.15) is 22.3 Å². The van der Waals surface area contributed by atoms with Gasteiger partial charge in [-0.25, -0.2) is 4.39 Å². The van der Waals surface area contributed by atoms with E-state index in [1.807, 2.05) is 0 Å². The number of hydrogen-bond donors (Lipinski definition) is 1. The van der Waals surface area contributed by atoms with E-state index in [-0.39, 0.29) is 23.5 Å². The highest BCUT2D eigenvalue weighted by atomic mass is 19.1. The molecule has 2 aromatic carbocycles. The molecule has 1 unspecified atom stereocenters. The lowest BCUT2D eigenvalue weighted by Gasteiger charge is -2.17. The lowest BCUT2D eigenvalue weighted by Crippen LogP contribution is -2.31. The van der Waals surface area contributed by atoms with Crippen LogP contribution < -0.4 is 14.8 Å². The Morgan fingerprint density at radius 2 is 1.93 bits per heavy atom. The Bertz CT molecular complexity index is 854. The number of benzene rings is 2. The van der Waals surface area contributed by atoms with Gasteiger partial charge in [0.15, 0.2) is 0 Å². The molecule has 1 heterocycles. The second-order valence-electron chi connectivity index (χ2n) is 6.75. The zero-order chi connectivity index (χ0) is 20.1. The molecule has 0 saturated carbocycles. The molecule has 3 rings (SSSR count). The molecule has 0 aliphatic carbocycles. The molecule has 1 aliphatic rings. The second-order valence-corrected chi connectivity index (χ2v) is 6.75. The third-order valence-corrected chi connectivity index (χ3v) is 4.79. The Hall–Kier alpha value is -3.09. The van der Waals surface area contributed by atoms with Crippen LogP contribution >= 0.6 is 0 Å². The van der Waals surface area contributed by atoms with Gasteiger partial charge in [-0.15, -0.1) is 0 Å². The second kappa shape index (κ2) is 8.73. The van der Waals surface area contributed by atoms with E-state index < -0.39 is 0 Å². The molecule has 2 amide bonds. The SMILES string of the molecule is COc1ccc(C(=O)NCC2CC(=O)N(Cc3ccc(F)cc3)C2)c(OC)c1. The molecule has 1 aliphatic heterocycles. The number of nitrogens with zero attached hydrogens (tertiary/aromatic N) is 1. The third-order valence-electron chi connectivity index (χ3n) is 4.79. The number of hydrogen-bond acceptors (Lipinski definition) is 4. The molecule has 7 heteroatoms. The normalized spacial score (nSPS) is 16.2. The monoisotopic (exact) mass is 386 g/mol. The summed E-state index contributed by atoms with van der Waals surface area (Å²) in [4.78, 5) is 26.5. The summed E-state index contributed by atoms with van der Waals surface area (Å²) >= 11 is 0. The summed E-state index contributed by atoms with van der Waals surface area (Å²) in [5, 5.41) is 2.88. The van der Waals surface area contributed by atoms with E-state index in [2.05, 4.69) is 5.32 Å². The average Bonchev–Trinajstić information content (AvgIpc) is 3.06. The predicted octanol–water partition coefficient (Wildman–Crippen LogP) is 2.62. The molecule has 0 spiro atoms. The topological polar surface area (TPSA) is 67.9 Å². The van der Waals surface area contributed by atoms with Gasteiger partial charge in [0.05, 0.1) is 19.8 Å². The van der Waals surface area contributed by atoms with E-state index in [0.29, 0.717) is 43.1 Å². The van der Waals surface area contributed by atoms with Crippen molar-refractivity contribution in [2.75, 3.05) is 27.3 Å². The first-order valence-corrected chi connectivity index (χ1v) is 9.02. The van der Waals surface area contributed by atoms with Crippen molar-refractivity contribution in [3.8, 4) is 11.5 Å². The number of rotatable bonds is 7. The van der Waals surface area contributed by atoms with E-state index in [4.69, 9.17) is 9.47 Å². The summed E-state index contributed by atoms with van der Waals surface area (Å²) in [7, 11) is 3.04. The van der Waals surface area contributed by atoms with Crippen LogP contribution in [-0.2, 0) is 11.3 Å². The summed E-state index contributed by atoms with van der Waals surface area (Å²) < 4.78 is 23.4. The van der Waals surface area contributed by atoms with Crippen molar-refractivity contribution < 1.29 is 23.5 Å².